The van der Waals surface area contributed by atoms with Gasteiger partial charge in [-0.25, -0.2) is 0 Å². The zero-order chi connectivity index (χ0) is 12.5. The zero-order valence-corrected chi connectivity index (χ0v) is 10.5. The number of amides is 1. The first-order chi connectivity index (χ1) is 8.00. The monoisotopic (exact) mass is 232 g/mol. The number of carbonyl (C=O) groups is 1. The maximum Gasteiger partial charge on any atom is 0.226 e. The molecule has 0 heterocycles. The summed E-state index contributed by atoms with van der Waals surface area (Å²) in [4.78, 5) is 11.9. The molecule has 1 aliphatic carbocycles. The molecule has 0 bridgehead atoms. The summed E-state index contributed by atoms with van der Waals surface area (Å²) in [5, 5.41) is 2.98. The summed E-state index contributed by atoms with van der Waals surface area (Å²) in [7, 11) is 0. The molecule has 1 amide bonds. The summed E-state index contributed by atoms with van der Waals surface area (Å²) >= 11 is 0. The predicted octanol–water partition coefficient (Wildman–Crippen LogP) is 2.51. The number of carbonyl (C=O) groups excluding carboxylic acids is 1. The van der Waals surface area contributed by atoms with Crippen LogP contribution in [0.25, 0.3) is 0 Å². The van der Waals surface area contributed by atoms with Crippen molar-refractivity contribution in [1.29, 1.82) is 0 Å². The molecule has 0 spiro atoms. The molecule has 3 heteroatoms. The van der Waals surface area contributed by atoms with E-state index in [-0.39, 0.29) is 11.4 Å². The smallest absolute Gasteiger partial charge is 0.226 e. The van der Waals surface area contributed by atoms with Crippen LogP contribution in [0.5, 0.6) is 0 Å². The van der Waals surface area contributed by atoms with Crippen LogP contribution in [-0.4, -0.2) is 11.4 Å². The van der Waals surface area contributed by atoms with Crippen LogP contribution in [0.15, 0.2) is 18.2 Å². The standard InChI is InChI=1S/C14H20N2O/c1-10-5-3-6-11(2)13(10)16-12(17)9-14(15)7-4-8-14/h3,5-6H,4,7-9,15H2,1-2H3,(H,16,17). The molecule has 92 valence electrons. The van der Waals surface area contributed by atoms with Crippen LogP contribution in [0.3, 0.4) is 0 Å². The minimum absolute atomic E-state index is 0.0320. The fourth-order valence-corrected chi connectivity index (χ4v) is 2.32. The molecule has 0 atom stereocenters. The molecule has 1 aromatic carbocycles. The SMILES string of the molecule is Cc1cccc(C)c1NC(=O)CC1(N)CCC1. The highest BCUT2D eigenvalue weighted by atomic mass is 16.1. The van der Waals surface area contributed by atoms with E-state index in [1.807, 2.05) is 32.0 Å². The number of para-hydroxylation sites is 1. The Balaban J connectivity index is 2.03. The van der Waals surface area contributed by atoms with Crippen molar-refractivity contribution in [3.05, 3.63) is 29.3 Å². The van der Waals surface area contributed by atoms with Gasteiger partial charge in [-0.05, 0) is 44.2 Å². The van der Waals surface area contributed by atoms with Gasteiger partial charge in [0, 0.05) is 17.6 Å². The first-order valence-corrected chi connectivity index (χ1v) is 6.15. The van der Waals surface area contributed by atoms with Crippen LogP contribution >= 0.6 is 0 Å². The topological polar surface area (TPSA) is 55.1 Å². The first kappa shape index (κ1) is 12.1. The van der Waals surface area contributed by atoms with Crippen LogP contribution in [0.4, 0.5) is 5.69 Å². The normalized spacial score (nSPS) is 17.4. The van der Waals surface area contributed by atoms with Crippen LogP contribution < -0.4 is 11.1 Å². The molecule has 2 rings (SSSR count). The lowest BCUT2D eigenvalue weighted by Gasteiger charge is -2.37. The number of benzene rings is 1. The second kappa shape index (κ2) is 4.49. The van der Waals surface area contributed by atoms with E-state index in [2.05, 4.69) is 5.32 Å². The second-order valence-electron chi connectivity index (χ2n) is 5.21. The minimum Gasteiger partial charge on any atom is -0.326 e. The van der Waals surface area contributed by atoms with E-state index in [0.29, 0.717) is 6.42 Å². The quantitative estimate of drug-likeness (QED) is 0.841. The Kier molecular flexibility index (Phi) is 3.20. The molecule has 1 fully saturated rings. The maximum atomic E-state index is 11.9. The Bertz CT molecular complexity index is 416. The Hall–Kier alpha value is -1.35. The van der Waals surface area contributed by atoms with Gasteiger partial charge in [0.25, 0.3) is 0 Å². The van der Waals surface area contributed by atoms with Gasteiger partial charge < -0.3 is 11.1 Å². The number of anilines is 1. The van der Waals surface area contributed by atoms with E-state index in [9.17, 15) is 4.79 Å². The molecule has 1 aromatic rings. The summed E-state index contributed by atoms with van der Waals surface area (Å²) in [6.07, 6.45) is 3.51. The lowest BCUT2D eigenvalue weighted by Crippen LogP contribution is -2.49. The molecular formula is C14H20N2O. The lowest BCUT2D eigenvalue weighted by atomic mass is 9.75. The largest absolute Gasteiger partial charge is 0.326 e. The summed E-state index contributed by atoms with van der Waals surface area (Å²) < 4.78 is 0. The van der Waals surface area contributed by atoms with Crippen molar-refractivity contribution in [1.82, 2.24) is 0 Å². The average molecular weight is 232 g/mol. The number of hydrogen-bond acceptors (Lipinski definition) is 2. The summed E-state index contributed by atoms with van der Waals surface area (Å²) in [6.45, 7) is 4.01. The molecular weight excluding hydrogens is 212 g/mol. The molecule has 17 heavy (non-hydrogen) atoms. The van der Waals surface area contributed by atoms with Gasteiger partial charge in [0.1, 0.15) is 0 Å². The van der Waals surface area contributed by atoms with Crippen molar-refractivity contribution < 1.29 is 4.79 Å². The van der Waals surface area contributed by atoms with Crippen LogP contribution in [-0.2, 0) is 4.79 Å². The second-order valence-corrected chi connectivity index (χ2v) is 5.21. The van der Waals surface area contributed by atoms with Gasteiger partial charge in [-0.1, -0.05) is 18.2 Å². The van der Waals surface area contributed by atoms with Gasteiger partial charge in [0.2, 0.25) is 5.91 Å². The number of hydrogen-bond donors (Lipinski definition) is 2. The number of nitrogens with one attached hydrogen (secondary N) is 1. The van der Waals surface area contributed by atoms with E-state index >= 15 is 0 Å². The Labute approximate surface area is 102 Å². The van der Waals surface area contributed by atoms with Crippen molar-refractivity contribution in [2.75, 3.05) is 5.32 Å². The van der Waals surface area contributed by atoms with Crippen molar-refractivity contribution in [3.8, 4) is 0 Å². The highest BCUT2D eigenvalue weighted by Gasteiger charge is 2.34. The number of nitrogens with two attached hydrogens (primary N) is 1. The van der Waals surface area contributed by atoms with Crippen LogP contribution in [0.1, 0.15) is 36.8 Å². The van der Waals surface area contributed by atoms with Gasteiger partial charge in [0.15, 0.2) is 0 Å². The van der Waals surface area contributed by atoms with E-state index in [4.69, 9.17) is 5.73 Å². The molecule has 0 aliphatic heterocycles. The Morgan fingerprint density at radius 1 is 1.35 bits per heavy atom. The molecule has 1 aliphatic rings. The fourth-order valence-electron chi connectivity index (χ4n) is 2.32. The van der Waals surface area contributed by atoms with Crippen molar-refractivity contribution >= 4 is 11.6 Å². The number of aryl methyl sites for hydroxylation is 2. The van der Waals surface area contributed by atoms with Gasteiger partial charge >= 0.3 is 0 Å². The minimum atomic E-state index is -0.249. The lowest BCUT2D eigenvalue weighted by molar-refractivity contribution is -0.118. The Morgan fingerprint density at radius 3 is 2.41 bits per heavy atom. The predicted molar refractivity (Wildman–Crippen MR) is 69.9 cm³/mol. The molecule has 3 N–H and O–H groups in total. The fraction of sp³-hybridized carbons (Fsp3) is 0.500. The molecule has 3 nitrogen and oxygen atoms in total. The molecule has 0 radical (unpaired) electrons. The van der Waals surface area contributed by atoms with Crippen LogP contribution in [0, 0.1) is 13.8 Å². The third-order valence-corrected chi connectivity index (χ3v) is 3.61. The Morgan fingerprint density at radius 2 is 1.94 bits per heavy atom. The van der Waals surface area contributed by atoms with Crippen molar-refractivity contribution in [2.45, 2.75) is 45.1 Å². The van der Waals surface area contributed by atoms with Gasteiger partial charge in [0.05, 0.1) is 0 Å². The van der Waals surface area contributed by atoms with Crippen LogP contribution in [0.2, 0.25) is 0 Å². The van der Waals surface area contributed by atoms with Gasteiger partial charge in [-0.15, -0.1) is 0 Å². The van der Waals surface area contributed by atoms with Crippen molar-refractivity contribution in [2.24, 2.45) is 5.73 Å². The number of rotatable bonds is 3. The maximum absolute atomic E-state index is 11.9. The third-order valence-electron chi connectivity index (χ3n) is 3.61. The third kappa shape index (κ3) is 2.67. The first-order valence-electron chi connectivity index (χ1n) is 6.15. The van der Waals surface area contributed by atoms with Crippen molar-refractivity contribution in [3.63, 3.8) is 0 Å². The molecule has 0 aromatic heterocycles. The average Bonchev–Trinajstić information content (AvgIpc) is 2.21. The summed E-state index contributed by atoms with van der Waals surface area (Å²) in [5.41, 5.74) is 8.95. The van der Waals surface area contributed by atoms with Gasteiger partial charge in [-0.2, -0.15) is 0 Å². The van der Waals surface area contributed by atoms with E-state index in [1.54, 1.807) is 0 Å². The van der Waals surface area contributed by atoms with E-state index in [0.717, 1.165) is 36.1 Å². The van der Waals surface area contributed by atoms with Gasteiger partial charge in [-0.3, -0.25) is 4.79 Å². The molecule has 0 saturated heterocycles. The van der Waals surface area contributed by atoms with E-state index in [1.165, 1.54) is 0 Å². The molecule has 0 unspecified atom stereocenters. The highest BCUT2D eigenvalue weighted by molar-refractivity contribution is 5.93. The highest BCUT2D eigenvalue weighted by Crippen LogP contribution is 2.32. The zero-order valence-electron chi connectivity index (χ0n) is 10.5. The molecule has 1 saturated carbocycles. The summed E-state index contributed by atoms with van der Waals surface area (Å²) in [5.74, 6) is 0.0320. The summed E-state index contributed by atoms with van der Waals surface area (Å²) in [6, 6.07) is 6.00. The van der Waals surface area contributed by atoms with E-state index < -0.39 is 0 Å².